The van der Waals surface area contributed by atoms with Gasteiger partial charge in [-0.25, -0.2) is 8.42 Å². The lowest BCUT2D eigenvalue weighted by atomic mass is 10.2. The third-order valence-electron chi connectivity index (χ3n) is 2.20. The number of nitrogens with zero attached hydrogens (tertiary/aromatic N) is 2. The lowest BCUT2D eigenvalue weighted by molar-refractivity contribution is 0.601. The Morgan fingerprint density at radius 2 is 2.00 bits per heavy atom. The molecule has 0 fully saturated rings. The van der Waals surface area contributed by atoms with Crippen LogP contribution in [0.25, 0.3) is 0 Å². The summed E-state index contributed by atoms with van der Waals surface area (Å²) in [4.78, 5) is -0.225. The molecule has 110 valence electrons. The normalized spacial score (nSPS) is 10.8. The third kappa shape index (κ3) is 3.84. The van der Waals surface area contributed by atoms with E-state index >= 15 is 0 Å². The van der Waals surface area contributed by atoms with Crippen LogP contribution in [0.1, 0.15) is 5.56 Å². The van der Waals surface area contributed by atoms with Gasteiger partial charge in [-0.05, 0) is 12.1 Å². The van der Waals surface area contributed by atoms with E-state index in [4.69, 9.17) is 28.9 Å². The van der Waals surface area contributed by atoms with Crippen LogP contribution in [-0.2, 0) is 10.0 Å². The first kappa shape index (κ1) is 16.0. The lowest BCUT2D eigenvalue weighted by Crippen LogP contribution is -2.13. The Kier molecular flexibility index (Phi) is 5.03. The summed E-state index contributed by atoms with van der Waals surface area (Å²) in [5.74, 6) is 5.37. The molecule has 3 N–H and O–H groups in total. The molecule has 1 aromatic heterocycles. The van der Waals surface area contributed by atoms with Crippen LogP contribution in [0.3, 0.4) is 0 Å². The molecule has 0 amide bonds. The summed E-state index contributed by atoms with van der Waals surface area (Å²) in [6.45, 7) is 0.176. The molecule has 0 unspecified atom stereocenters. The molecule has 2 rings (SSSR count). The number of aromatic nitrogens is 2. The fourth-order valence-electron chi connectivity index (χ4n) is 1.44. The molecule has 2 aromatic rings. The minimum atomic E-state index is -3.94. The molecular formula is C11H8Cl2N4O2S2. The number of sulfonamides is 1. The van der Waals surface area contributed by atoms with Gasteiger partial charge in [-0.2, -0.15) is 0 Å². The number of anilines is 1. The summed E-state index contributed by atoms with van der Waals surface area (Å²) in [6.07, 6.45) is 1.28. The maximum atomic E-state index is 12.3. The quantitative estimate of drug-likeness (QED) is 0.813. The zero-order valence-electron chi connectivity index (χ0n) is 10.3. The minimum Gasteiger partial charge on any atom is -0.320 e. The van der Waals surface area contributed by atoms with Crippen LogP contribution >= 0.6 is 34.7 Å². The van der Waals surface area contributed by atoms with Crippen LogP contribution in [0.2, 0.25) is 10.0 Å². The summed E-state index contributed by atoms with van der Waals surface area (Å²) in [7, 11) is -3.94. The van der Waals surface area contributed by atoms with Crippen LogP contribution in [0.5, 0.6) is 0 Å². The van der Waals surface area contributed by atoms with Crippen LogP contribution < -0.4 is 10.5 Å². The van der Waals surface area contributed by atoms with E-state index in [0.29, 0.717) is 5.56 Å². The average Bonchev–Trinajstić information content (AvgIpc) is 2.87. The smallest absolute Gasteiger partial charge is 0.265 e. The summed E-state index contributed by atoms with van der Waals surface area (Å²) in [6, 6.07) is 2.82. The SMILES string of the molecule is NCC#Cc1cc(Cl)c(S(=O)(=O)Nc2cnns2)c(Cl)c1. The Labute approximate surface area is 135 Å². The summed E-state index contributed by atoms with van der Waals surface area (Å²) < 4.78 is 30.4. The maximum Gasteiger partial charge on any atom is 0.265 e. The molecule has 21 heavy (non-hydrogen) atoms. The molecule has 1 aromatic carbocycles. The average molecular weight is 363 g/mol. The van der Waals surface area contributed by atoms with Gasteiger partial charge in [0, 0.05) is 17.1 Å². The van der Waals surface area contributed by atoms with Crippen molar-refractivity contribution in [3.63, 3.8) is 0 Å². The van der Waals surface area contributed by atoms with Crippen molar-refractivity contribution in [1.29, 1.82) is 0 Å². The van der Waals surface area contributed by atoms with Crippen molar-refractivity contribution in [1.82, 2.24) is 9.59 Å². The van der Waals surface area contributed by atoms with Crippen LogP contribution in [-0.4, -0.2) is 24.5 Å². The van der Waals surface area contributed by atoms with E-state index in [1.165, 1.54) is 18.3 Å². The van der Waals surface area contributed by atoms with Gasteiger partial charge in [0.2, 0.25) is 0 Å². The van der Waals surface area contributed by atoms with Gasteiger partial charge in [-0.15, -0.1) is 5.10 Å². The van der Waals surface area contributed by atoms with Crippen molar-refractivity contribution in [3.05, 3.63) is 33.9 Å². The molecule has 6 nitrogen and oxygen atoms in total. The van der Waals surface area contributed by atoms with Crippen molar-refractivity contribution >= 4 is 49.8 Å². The standard InChI is InChI=1S/C11H8Cl2N4O2S2/c12-8-4-7(2-1-3-14)5-9(13)11(8)21(18,19)16-10-6-15-17-20-10/h4-6,16H,3,14H2. The number of nitrogens with two attached hydrogens (primary N) is 1. The Bertz CT molecular complexity index is 787. The monoisotopic (exact) mass is 362 g/mol. The van der Waals surface area contributed by atoms with Gasteiger partial charge in [0.05, 0.1) is 22.8 Å². The molecule has 1 heterocycles. The van der Waals surface area contributed by atoms with Gasteiger partial charge in [0.25, 0.3) is 10.0 Å². The maximum absolute atomic E-state index is 12.3. The Morgan fingerprint density at radius 1 is 1.33 bits per heavy atom. The lowest BCUT2D eigenvalue weighted by Gasteiger charge is -2.09. The molecule has 0 aliphatic carbocycles. The second-order valence-electron chi connectivity index (χ2n) is 3.66. The van der Waals surface area contributed by atoms with E-state index in [9.17, 15) is 8.42 Å². The van der Waals surface area contributed by atoms with Gasteiger partial charge in [0.1, 0.15) is 9.90 Å². The van der Waals surface area contributed by atoms with Crippen molar-refractivity contribution in [2.75, 3.05) is 11.3 Å². The predicted molar refractivity (Wildman–Crippen MR) is 83.1 cm³/mol. The summed E-state index contributed by atoms with van der Waals surface area (Å²) in [5, 5.41) is 3.73. The third-order valence-corrected chi connectivity index (χ3v) is 5.19. The number of hydrogen-bond acceptors (Lipinski definition) is 6. The van der Waals surface area contributed by atoms with Gasteiger partial charge in [-0.3, -0.25) is 4.72 Å². The van der Waals surface area contributed by atoms with E-state index in [1.807, 2.05) is 0 Å². The highest BCUT2D eigenvalue weighted by Crippen LogP contribution is 2.32. The highest BCUT2D eigenvalue weighted by atomic mass is 35.5. The molecule has 0 saturated carbocycles. The molecule has 0 spiro atoms. The van der Waals surface area contributed by atoms with E-state index in [1.54, 1.807) is 0 Å². The molecule has 10 heteroatoms. The predicted octanol–water partition coefficient (Wildman–Crippen LogP) is 1.96. The zero-order chi connectivity index (χ0) is 15.5. The molecular weight excluding hydrogens is 355 g/mol. The van der Waals surface area contributed by atoms with E-state index in [2.05, 4.69) is 26.1 Å². The van der Waals surface area contributed by atoms with E-state index in [0.717, 1.165) is 11.5 Å². The van der Waals surface area contributed by atoms with Crippen molar-refractivity contribution in [3.8, 4) is 11.8 Å². The summed E-state index contributed by atoms with van der Waals surface area (Å²) >= 11 is 12.9. The van der Waals surface area contributed by atoms with E-state index < -0.39 is 10.0 Å². The highest BCUT2D eigenvalue weighted by molar-refractivity contribution is 7.93. The van der Waals surface area contributed by atoms with Gasteiger partial charge < -0.3 is 5.73 Å². The first-order valence-electron chi connectivity index (χ1n) is 5.42. The van der Waals surface area contributed by atoms with Crippen molar-refractivity contribution < 1.29 is 8.42 Å². The number of rotatable bonds is 3. The highest BCUT2D eigenvalue weighted by Gasteiger charge is 2.23. The number of hydrogen-bond donors (Lipinski definition) is 2. The molecule has 0 aliphatic rings. The van der Waals surface area contributed by atoms with Gasteiger partial charge in [0.15, 0.2) is 0 Å². The fraction of sp³-hybridized carbons (Fsp3) is 0.0909. The molecule has 0 radical (unpaired) electrons. The first-order chi connectivity index (χ1) is 9.94. The Balaban J connectivity index is 2.44. The second kappa shape index (κ2) is 6.60. The molecule has 0 atom stereocenters. The first-order valence-corrected chi connectivity index (χ1v) is 8.43. The number of halogens is 2. The topological polar surface area (TPSA) is 98.0 Å². The van der Waals surface area contributed by atoms with Gasteiger partial charge in [-0.1, -0.05) is 39.5 Å². The van der Waals surface area contributed by atoms with Crippen LogP contribution in [0.4, 0.5) is 5.00 Å². The molecule has 0 bridgehead atoms. The second-order valence-corrected chi connectivity index (χ2v) is 6.88. The molecule has 0 aliphatic heterocycles. The number of nitrogens with one attached hydrogen (secondary N) is 1. The molecule has 0 saturated heterocycles. The van der Waals surface area contributed by atoms with Gasteiger partial charge >= 0.3 is 0 Å². The van der Waals surface area contributed by atoms with Crippen molar-refractivity contribution in [2.24, 2.45) is 5.73 Å². The van der Waals surface area contributed by atoms with E-state index in [-0.39, 0.29) is 26.5 Å². The summed E-state index contributed by atoms with van der Waals surface area (Å²) in [5.41, 5.74) is 5.75. The number of benzene rings is 1. The Morgan fingerprint density at radius 3 is 2.52 bits per heavy atom. The van der Waals surface area contributed by atoms with Crippen molar-refractivity contribution in [2.45, 2.75) is 4.90 Å². The fourth-order valence-corrected chi connectivity index (χ4v) is 4.34. The minimum absolute atomic E-state index is 0.0335. The van der Waals surface area contributed by atoms with Crippen LogP contribution in [0, 0.1) is 11.8 Å². The van der Waals surface area contributed by atoms with Crippen LogP contribution in [0.15, 0.2) is 23.2 Å². The Hall–Kier alpha value is -1.37. The largest absolute Gasteiger partial charge is 0.320 e. The zero-order valence-corrected chi connectivity index (χ0v) is 13.4.